The van der Waals surface area contributed by atoms with Gasteiger partial charge in [0.25, 0.3) is 0 Å². The highest BCUT2D eigenvalue weighted by Crippen LogP contribution is 2.45. The van der Waals surface area contributed by atoms with Crippen LogP contribution >= 0.6 is 0 Å². The van der Waals surface area contributed by atoms with Crippen LogP contribution in [0.15, 0.2) is 12.1 Å². The lowest BCUT2D eigenvalue weighted by atomic mass is 9.79. The summed E-state index contributed by atoms with van der Waals surface area (Å²) in [4.78, 5) is 2.41. The summed E-state index contributed by atoms with van der Waals surface area (Å²) in [5.41, 5.74) is 2.22. The summed E-state index contributed by atoms with van der Waals surface area (Å²) in [6.07, 6.45) is 3.13. The molecular weight excluding hydrogens is 202 g/mol. The Morgan fingerprint density at radius 1 is 1.25 bits per heavy atom. The van der Waals surface area contributed by atoms with Crippen LogP contribution in [0.25, 0.3) is 0 Å². The molecule has 2 aliphatic rings. The normalized spacial score (nSPS) is 28.8. The zero-order valence-electron chi connectivity index (χ0n) is 9.48. The van der Waals surface area contributed by atoms with Crippen molar-refractivity contribution >= 4 is 0 Å². The van der Waals surface area contributed by atoms with Gasteiger partial charge in [0.2, 0.25) is 0 Å². The van der Waals surface area contributed by atoms with E-state index in [1.807, 2.05) is 6.07 Å². The van der Waals surface area contributed by atoms with E-state index in [-0.39, 0.29) is 11.5 Å². The topological polar surface area (TPSA) is 43.7 Å². The van der Waals surface area contributed by atoms with Crippen molar-refractivity contribution in [3.63, 3.8) is 0 Å². The minimum absolute atomic E-state index is 0.0172. The van der Waals surface area contributed by atoms with Crippen LogP contribution in [0.1, 0.15) is 29.9 Å². The molecule has 86 valence electrons. The molecule has 3 heteroatoms. The van der Waals surface area contributed by atoms with E-state index < -0.39 is 0 Å². The molecule has 1 aromatic rings. The monoisotopic (exact) mass is 219 g/mol. The lowest BCUT2D eigenvalue weighted by Crippen LogP contribution is -2.32. The number of rotatable bonds is 0. The van der Waals surface area contributed by atoms with Crippen molar-refractivity contribution in [1.82, 2.24) is 4.90 Å². The van der Waals surface area contributed by atoms with E-state index in [0.717, 1.165) is 24.9 Å². The first-order valence-electron chi connectivity index (χ1n) is 5.92. The van der Waals surface area contributed by atoms with E-state index >= 15 is 0 Å². The van der Waals surface area contributed by atoms with Gasteiger partial charge in [0.1, 0.15) is 0 Å². The summed E-state index contributed by atoms with van der Waals surface area (Å²) < 4.78 is 0. The summed E-state index contributed by atoms with van der Waals surface area (Å²) in [6, 6.07) is 4.23. The molecule has 0 bridgehead atoms. The molecule has 0 aromatic heterocycles. The summed E-state index contributed by atoms with van der Waals surface area (Å²) in [5.74, 6) is 0.661. The zero-order chi connectivity index (χ0) is 11.3. The SMILES string of the molecule is CN1CC[C@H]2c3ccc(O)c(O)c3CC[C@@H]21. The smallest absolute Gasteiger partial charge is 0.160 e. The quantitative estimate of drug-likeness (QED) is 0.654. The number of hydrogen-bond donors (Lipinski definition) is 2. The first-order chi connectivity index (χ1) is 7.68. The molecule has 1 saturated heterocycles. The van der Waals surface area contributed by atoms with E-state index in [2.05, 4.69) is 11.9 Å². The number of aromatic hydroxyl groups is 2. The third kappa shape index (κ3) is 1.24. The van der Waals surface area contributed by atoms with Crippen molar-refractivity contribution in [2.45, 2.75) is 31.2 Å². The molecule has 2 N–H and O–H groups in total. The average molecular weight is 219 g/mol. The van der Waals surface area contributed by atoms with Crippen LogP contribution in [0.2, 0.25) is 0 Å². The number of hydrogen-bond acceptors (Lipinski definition) is 3. The largest absolute Gasteiger partial charge is 0.504 e. The van der Waals surface area contributed by atoms with Crippen molar-refractivity contribution in [3.8, 4) is 11.5 Å². The van der Waals surface area contributed by atoms with Crippen molar-refractivity contribution in [2.75, 3.05) is 13.6 Å². The Hall–Kier alpha value is -1.22. The second kappa shape index (κ2) is 3.39. The molecular formula is C13H17NO2. The summed E-state index contributed by atoms with van der Waals surface area (Å²) in [7, 11) is 2.18. The van der Waals surface area contributed by atoms with Crippen LogP contribution in [0.3, 0.4) is 0 Å². The molecule has 3 rings (SSSR count). The lowest BCUT2D eigenvalue weighted by Gasteiger charge is -2.32. The highest BCUT2D eigenvalue weighted by atomic mass is 16.3. The molecule has 3 nitrogen and oxygen atoms in total. The Labute approximate surface area is 95.3 Å². The summed E-state index contributed by atoms with van der Waals surface area (Å²) in [5, 5.41) is 19.4. The molecule has 0 radical (unpaired) electrons. The molecule has 0 saturated carbocycles. The molecule has 1 aliphatic carbocycles. The fourth-order valence-corrected chi connectivity index (χ4v) is 3.33. The van der Waals surface area contributed by atoms with Crippen LogP contribution in [0.5, 0.6) is 11.5 Å². The molecule has 1 heterocycles. The fraction of sp³-hybridized carbons (Fsp3) is 0.538. The summed E-state index contributed by atoms with van der Waals surface area (Å²) >= 11 is 0. The minimum Gasteiger partial charge on any atom is -0.504 e. The van der Waals surface area contributed by atoms with Crippen LogP contribution < -0.4 is 0 Å². The maximum atomic E-state index is 9.87. The molecule has 0 spiro atoms. The number of fused-ring (bicyclic) bond motifs is 3. The van der Waals surface area contributed by atoms with E-state index in [9.17, 15) is 10.2 Å². The van der Waals surface area contributed by atoms with Crippen molar-refractivity contribution < 1.29 is 10.2 Å². The van der Waals surface area contributed by atoms with Crippen LogP contribution in [-0.4, -0.2) is 34.7 Å². The molecule has 1 fully saturated rings. The Morgan fingerprint density at radius 3 is 2.88 bits per heavy atom. The number of likely N-dealkylation sites (N-methyl/N-ethyl adjacent to an activating group) is 1. The lowest BCUT2D eigenvalue weighted by molar-refractivity contribution is 0.272. The highest BCUT2D eigenvalue weighted by molar-refractivity contribution is 5.52. The molecule has 0 unspecified atom stereocenters. The number of likely N-dealkylation sites (tertiary alicyclic amines) is 1. The van der Waals surface area contributed by atoms with Crippen molar-refractivity contribution in [2.24, 2.45) is 0 Å². The Balaban J connectivity index is 2.08. The molecule has 1 aliphatic heterocycles. The fourth-order valence-electron chi connectivity index (χ4n) is 3.33. The minimum atomic E-state index is 0.0172. The van der Waals surface area contributed by atoms with E-state index in [1.165, 1.54) is 12.0 Å². The Bertz CT molecular complexity index is 430. The van der Waals surface area contributed by atoms with Gasteiger partial charge in [-0.25, -0.2) is 0 Å². The van der Waals surface area contributed by atoms with Gasteiger partial charge >= 0.3 is 0 Å². The van der Waals surface area contributed by atoms with Gasteiger partial charge < -0.3 is 15.1 Å². The van der Waals surface area contributed by atoms with Crippen LogP contribution in [-0.2, 0) is 6.42 Å². The van der Waals surface area contributed by atoms with Gasteiger partial charge in [-0.3, -0.25) is 0 Å². The van der Waals surface area contributed by atoms with Crippen molar-refractivity contribution in [1.29, 1.82) is 0 Å². The van der Waals surface area contributed by atoms with E-state index in [4.69, 9.17) is 0 Å². The zero-order valence-corrected chi connectivity index (χ0v) is 9.48. The third-order valence-corrected chi connectivity index (χ3v) is 4.21. The van der Waals surface area contributed by atoms with Crippen molar-refractivity contribution in [3.05, 3.63) is 23.3 Å². The number of benzene rings is 1. The first-order valence-corrected chi connectivity index (χ1v) is 5.92. The maximum absolute atomic E-state index is 9.87. The van der Waals surface area contributed by atoms with Gasteiger partial charge in [0.05, 0.1) is 0 Å². The maximum Gasteiger partial charge on any atom is 0.160 e. The van der Waals surface area contributed by atoms with Gasteiger partial charge in [-0.15, -0.1) is 0 Å². The molecule has 2 atom stereocenters. The van der Waals surface area contributed by atoms with Gasteiger partial charge in [-0.05, 0) is 44.5 Å². The van der Waals surface area contributed by atoms with Crippen LogP contribution in [0, 0.1) is 0 Å². The standard InChI is InChI=1S/C13H17NO2/c1-14-7-6-9-8-3-5-12(15)13(16)10(8)2-4-11(9)14/h3,5,9,11,15-16H,2,4,6-7H2,1H3/t9-,11-/m0/s1. The Kier molecular flexibility index (Phi) is 2.11. The van der Waals surface area contributed by atoms with Gasteiger partial charge in [-0.2, -0.15) is 0 Å². The van der Waals surface area contributed by atoms with Crippen LogP contribution in [0.4, 0.5) is 0 Å². The molecule has 0 amide bonds. The predicted octanol–water partition coefficient (Wildman–Crippen LogP) is 1.83. The highest BCUT2D eigenvalue weighted by Gasteiger charge is 2.37. The molecule has 16 heavy (non-hydrogen) atoms. The average Bonchev–Trinajstić information content (AvgIpc) is 2.66. The Morgan fingerprint density at radius 2 is 2.06 bits per heavy atom. The number of phenolic OH excluding ortho intramolecular Hbond substituents is 2. The second-order valence-electron chi connectivity index (χ2n) is 4.98. The molecule has 1 aromatic carbocycles. The third-order valence-electron chi connectivity index (χ3n) is 4.21. The number of phenols is 2. The van der Waals surface area contributed by atoms with Gasteiger partial charge in [0.15, 0.2) is 11.5 Å². The number of nitrogens with zero attached hydrogens (tertiary/aromatic N) is 1. The van der Waals surface area contributed by atoms with E-state index in [0.29, 0.717) is 12.0 Å². The van der Waals surface area contributed by atoms with E-state index in [1.54, 1.807) is 6.07 Å². The first kappa shape index (κ1) is 9.97. The van der Waals surface area contributed by atoms with Gasteiger partial charge in [-0.1, -0.05) is 6.07 Å². The summed E-state index contributed by atoms with van der Waals surface area (Å²) in [6.45, 7) is 1.14. The predicted molar refractivity (Wildman–Crippen MR) is 61.9 cm³/mol. The second-order valence-corrected chi connectivity index (χ2v) is 4.98. The van der Waals surface area contributed by atoms with Gasteiger partial charge in [0, 0.05) is 17.5 Å².